The van der Waals surface area contributed by atoms with Crippen LogP contribution >= 0.6 is 35.3 Å². The van der Waals surface area contributed by atoms with Crippen LogP contribution in [0.15, 0.2) is 30.9 Å². The van der Waals surface area contributed by atoms with E-state index in [4.69, 9.17) is 16.6 Å². The molecule has 2 aromatic heterocycles. The van der Waals surface area contributed by atoms with Crippen molar-refractivity contribution in [2.45, 2.75) is 52.0 Å². The maximum Gasteiger partial charge on any atom is 0.231 e. The van der Waals surface area contributed by atoms with E-state index in [1.807, 2.05) is 41.0 Å². The largest absolute Gasteiger partial charge is 0.337 e. The first-order valence-corrected chi connectivity index (χ1v) is 11.2. The Hall–Kier alpha value is -1.63. The highest BCUT2D eigenvalue weighted by molar-refractivity contribution is 7.23. The summed E-state index contributed by atoms with van der Waals surface area (Å²) in [5.74, 6) is 0.337. The number of nitrogens with zero attached hydrogens (tertiary/aromatic N) is 4. The number of benzene rings is 1. The third-order valence-electron chi connectivity index (χ3n) is 5.49. The van der Waals surface area contributed by atoms with Gasteiger partial charge in [-0.3, -0.25) is 9.69 Å². The van der Waals surface area contributed by atoms with Gasteiger partial charge >= 0.3 is 0 Å². The zero-order chi connectivity index (χ0) is 19.5. The summed E-state index contributed by atoms with van der Waals surface area (Å²) in [5, 5.41) is 1.47. The van der Waals surface area contributed by atoms with Gasteiger partial charge in [-0.2, -0.15) is 0 Å². The Balaban J connectivity index is 0.00000240. The van der Waals surface area contributed by atoms with Crippen LogP contribution in [-0.2, 0) is 11.3 Å². The molecule has 0 unspecified atom stereocenters. The summed E-state index contributed by atoms with van der Waals surface area (Å²) in [5.41, 5.74) is 1.99. The molecule has 2 heterocycles. The lowest BCUT2D eigenvalue weighted by atomic mass is 9.88. The Morgan fingerprint density at radius 2 is 2.10 bits per heavy atom. The van der Waals surface area contributed by atoms with Crippen LogP contribution in [0.1, 0.15) is 44.1 Å². The molecule has 1 fully saturated rings. The number of carbonyl (C=O) groups is 1. The Labute approximate surface area is 186 Å². The van der Waals surface area contributed by atoms with Gasteiger partial charge < -0.3 is 4.57 Å². The van der Waals surface area contributed by atoms with Crippen molar-refractivity contribution in [3.63, 3.8) is 0 Å². The minimum Gasteiger partial charge on any atom is -0.337 e. The highest BCUT2D eigenvalue weighted by Gasteiger charge is 2.29. The molecular weight excluding hydrogens is 427 g/mol. The summed E-state index contributed by atoms with van der Waals surface area (Å²) in [6, 6.07) is 3.90. The van der Waals surface area contributed by atoms with Crippen molar-refractivity contribution >= 4 is 56.6 Å². The number of carbonyl (C=O) groups excluding carboxylic acids is 1. The van der Waals surface area contributed by atoms with Crippen molar-refractivity contribution in [2.75, 3.05) is 11.4 Å². The SMILES string of the molecule is Cc1ccc(Cl)c2sc(N(CCCn3ccnc3)C(=O)C3CCCCC3)nc12.Cl. The van der Waals surface area contributed by atoms with Crippen molar-refractivity contribution in [1.29, 1.82) is 0 Å². The Bertz CT molecular complexity index is 912. The minimum atomic E-state index is 0. The highest BCUT2D eigenvalue weighted by atomic mass is 35.5. The molecule has 156 valence electrons. The molecule has 0 saturated heterocycles. The topological polar surface area (TPSA) is 51.0 Å². The lowest BCUT2D eigenvalue weighted by Crippen LogP contribution is -2.38. The molecule has 0 N–H and O–H groups in total. The Morgan fingerprint density at radius 3 is 2.79 bits per heavy atom. The molecule has 0 atom stereocenters. The summed E-state index contributed by atoms with van der Waals surface area (Å²) >= 11 is 7.93. The quantitative estimate of drug-likeness (QED) is 0.468. The van der Waals surface area contributed by atoms with Gasteiger partial charge in [-0.25, -0.2) is 9.97 Å². The van der Waals surface area contributed by atoms with Crippen molar-refractivity contribution < 1.29 is 4.79 Å². The molecule has 3 aromatic rings. The monoisotopic (exact) mass is 452 g/mol. The van der Waals surface area contributed by atoms with E-state index < -0.39 is 0 Å². The van der Waals surface area contributed by atoms with Crippen LogP contribution in [0.3, 0.4) is 0 Å². The number of rotatable bonds is 6. The van der Waals surface area contributed by atoms with E-state index >= 15 is 0 Å². The number of fused-ring (bicyclic) bond motifs is 1. The molecule has 0 bridgehead atoms. The van der Waals surface area contributed by atoms with Gasteiger partial charge in [0.25, 0.3) is 0 Å². The number of thiazole rings is 1. The van der Waals surface area contributed by atoms with Crippen LogP contribution in [-0.4, -0.2) is 27.0 Å². The van der Waals surface area contributed by atoms with Crippen molar-refractivity contribution in [1.82, 2.24) is 14.5 Å². The van der Waals surface area contributed by atoms with Gasteiger partial charge in [0.2, 0.25) is 5.91 Å². The molecule has 4 rings (SSSR count). The first kappa shape index (κ1) is 22.1. The molecule has 1 saturated carbocycles. The number of anilines is 1. The number of hydrogen-bond donors (Lipinski definition) is 0. The fourth-order valence-electron chi connectivity index (χ4n) is 3.91. The molecule has 1 aromatic carbocycles. The highest BCUT2D eigenvalue weighted by Crippen LogP contribution is 2.37. The van der Waals surface area contributed by atoms with E-state index in [0.29, 0.717) is 11.6 Å². The predicted molar refractivity (Wildman–Crippen MR) is 122 cm³/mol. The molecule has 1 aliphatic carbocycles. The molecule has 0 radical (unpaired) electrons. The van der Waals surface area contributed by atoms with Crippen LogP contribution in [0.4, 0.5) is 5.13 Å². The lowest BCUT2D eigenvalue weighted by molar-refractivity contribution is -0.123. The Morgan fingerprint density at radius 1 is 1.31 bits per heavy atom. The molecule has 1 aliphatic rings. The fraction of sp³-hybridized carbons (Fsp3) is 0.476. The van der Waals surface area contributed by atoms with E-state index in [1.165, 1.54) is 17.8 Å². The van der Waals surface area contributed by atoms with E-state index in [-0.39, 0.29) is 24.2 Å². The zero-order valence-electron chi connectivity index (χ0n) is 16.5. The standard InChI is InChI=1S/C21H25ClN4OS.ClH/c1-15-8-9-17(22)19-18(15)24-21(28-19)26(12-5-11-25-13-10-23-14-25)20(27)16-6-3-2-4-7-16;/h8-10,13-14,16H,2-7,11-12H2,1H3;1H. The maximum atomic E-state index is 13.4. The summed E-state index contributed by atoms with van der Waals surface area (Å²) in [6.07, 6.45) is 11.9. The van der Waals surface area contributed by atoms with Crippen molar-refractivity contribution in [2.24, 2.45) is 5.92 Å². The molecular formula is C21H26Cl2N4OS. The van der Waals surface area contributed by atoms with Crippen molar-refractivity contribution in [3.8, 4) is 0 Å². The third-order valence-corrected chi connectivity index (χ3v) is 7.03. The predicted octanol–water partition coefficient (Wildman–Crippen LogP) is 5.88. The van der Waals surface area contributed by atoms with Gasteiger partial charge in [0.05, 0.1) is 21.6 Å². The van der Waals surface area contributed by atoms with Gasteiger partial charge in [0.15, 0.2) is 5.13 Å². The first-order valence-electron chi connectivity index (χ1n) is 9.96. The summed E-state index contributed by atoms with van der Waals surface area (Å²) < 4.78 is 3.01. The summed E-state index contributed by atoms with van der Waals surface area (Å²) in [4.78, 5) is 24.2. The van der Waals surface area contributed by atoms with Crippen LogP contribution in [0.5, 0.6) is 0 Å². The van der Waals surface area contributed by atoms with E-state index in [0.717, 1.165) is 59.6 Å². The summed E-state index contributed by atoms with van der Waals surface area (Å²) in [7, 11) is 0. The lowest BCUT2D eigenvalue weighted by Gasteiger charge is -2.27. The maximum absolute atomic E-state index is 13.4. The van der Waals surface area contributed by atoms with E-state index in [1.54, 1.807) is 6.20 Å². The first-order chi connectivity index (χ1) is 13.6. The molecule has 8 heteroatoms. The van der Waals surface area contributed by atoms with Crippen LogP contribution in [0.25, 0.3) is 10.2 Å². The van der Waals surface area contributed by atoms with Gasteiger partial charge in [-0.05, 0) is 37.8 Å². The number of amides is 1. The molecule has 0 aliphatic heterocycles. The normalized spacial score (nSPS) is 14.7. The van der Waals surface area contributed by atoms with Gasteiger partial charge in [-0.15, -0.1) is 12.4 Å². The number of aromatic nitrogens is 3. The number of halogens is 2. The number of imidazole rings is 1. The summed E-state index contributed by atoms with van der Waals surface area (Å²) in [6.45, 7) is 3.53. The molecule has 1 amide bonds. The van der Waals surface area contributed by atoms with Crippen LogP contribution < -0.4 is 4.90 Å². The van der Waals surface area contributed by atoms with Crippen LogP contribution in [0.2, 0.25) is 5.02 Å². The Kier molecular flexibility index (Phi) is 7.55. The third kappa shape index (κ3) is 4.93. The van der Waals surface area contributed by atoms with Crippen LogP contribution in [0, 0.1) is 12.8 Å². The van der Waals surface area contributed by atoms with E-state index in [9.17, 15) is 4.79 Å². The van der Waals surface area contributed by atoms with Gasteiger partial charge in [0, 0.05) is 31.4 Å². The molecule has 0 spiro atoms. The van der Waals surface area contributed by atoms with Crippen molar-refractivity contribution in [3.05, 3.63) is 41.4 Å². The number of aryl methyl sites for hydroxylation is 2. The van der Waals surface area contributed by atoms with E-state index in [2.05, 4.69) is 4.98 Å². The molecule has 29 heavy (non-hydrogen) atoms. The smallest absolute Gasteiger partial charge is 0.231 e. The minimum absolute atomic E-state index is 0. The average Bonchev–Trinajstić information content (AvgIpc) is 3.39. The second-order valence-electron chi connectivity index (χ2n) is 7.52. The zero-order valence-corrected chi connectivity index (χ0v) is 18.9. The average molecular weight is 453 g/mol. The van der Waals surface area contributed by atoms with Gasteiger partial charge in [0.1, 0.15) is 0 Å². The number of hydrogen-bond acceptors (Lipinski definition) is 4. The fourth-order valence-corrected chi connectivity index (χ4v) is 5.25. The second kappa shape index (κ2) is 9.92. The van der Waals surface area contributed by atoms with Gasteiger partial charge in [-0.1, -0.05) is 48.3 Å². The molecule has 5 nitrogen and oxygen atoms in total. The second-order valence-corrected chi connectivity index (χ2v) is 8.90.